The van der Waals surface area contributed by atoms with Gasteiger partial charge in [0, 0.05) is 6.04 Å². The fourth-order valence-electron chi connectivity index (χ4n) is 1.72. The normalized spacial score (nSPS) is 23.4. The lowest BCUT2D eigenvalue weighted by molar-refractivity contribution is -0.142. The maximum atomic E-state index is 11.2. The Kier molecular flexibility index (Phi) is 3.87. The van der Waals surface area contributed by atoms with Gasteiger partial charge in [0.1, 0.15) is 0 Å². The van der Waals surface area contributed by atoms with Crippen molar-refractivity contribution >= 4 is 21.8 Å². The highest BCUT2D eigenvalue weighted by Crippen LogP contribution is 2.17. The number of carboxylic acids is 2. The zero-order chi connectivity index (χ0) is 12.3. The summed E-state index contributed by atoms with van der Waals surface area (Å²) in [4.78, 5) is 22.2. The van der Waals surface area contributed by atoms with Gasteiger partial charge in [-0.25, -0.2) is 8.42 Å². The molecule has 16 heavy (non-hydrogen) atoms. The predicted molar refractivity (Wildman–Crippen MR) is 53.9 cm³/mol. The third-order valence-electron chi connectivity index (χ3n) is 2.40. The Morgan fingerprint density at radius 2 is 1.69 bits per heavy atom. The monoisotopic (exact) mass is 251 g/mol. The van der Waals surface area contributed by atoms with Crippen LogP contribution in [-0.4, -0.2) is 66.1 Å². The molecule has 0 spiro atoms. The Labute approximate surface area is 92.6 Å². The topological polar surface area (TPSA) is 112 Å². The summed E-state index contributed by atoms with van der Waals surface area (Å²) in [5, 5.41) is 17.2. The van der Waals surface area contributed by atoms with Gasteiger partial charge >= 0.3 is 11.9 Å². The molecular formula is C8H13NO6S. The van der Waals surface area contributed by atoms with Gasteiger partial charge in [0.05, 0.1) is 24.6 Å². The number of hydrogen-bond donors (Lipinski definition) is 2. The van der Waals surface area contributed by atoms with Crippen LogP contribution < -0.4 is 0 Å². The molecule has 1 saturated heterocycles. The molecule has 1 atom stereocenters. The van der Waals surface area contributed by atoms with E-state index in [4.69, 9.17) is 10.2 Å². The van der Waals surface area contributed by atoms with E-state index in [1.165, 1.54) is 4.90 Å². The molecule has 7 nitrogen and oxygen atoms in total. The van der Waals surface area contributed by atoms with Gasteiger partial charge in [0.15, 0.2) is 9.84 Å². The van der Waals surface area contributed by atoms with Crippen LogP contribution in [0.25, 0.3) is 0 Å². The Morgan fingerprint density at radius 3 is 2.00 bits per heavy atom. The van der Waals surface area contributed by atoms with Crippen molar-refractivity contribution in [3.63, 3.8) is 0 Å². The molecule has 0 amide bonds. The second-order valence-corrected chi connectivity index (χ2v) is 5.98. The third-order valence-corrected chi connectivity index (χ3v) is 4.15. The Morgan fingerprint density at radius 1 is 1.19 bits per heavy atom. The van der Waals surface area contributed by atoms with Gasteiger partial charge in [0.2, 0.25) is 0 Å². The number of carboxylic acid groups (broad SMARTS) is 2. The van der Waals surface area contributed by atoms with E-state index in [0.717, 1.165) is 0 Å². The first-order valence-corrected chi connectivity index (χ1v) is 6.50. The number of sulfone groups is 1. The van der Waals surface area contributed by atoms with Gasteiger partial charge in [-0.2, -0.15) is 0 Å². The van der Waals surface area contributed by atoms with Crippen LogP contribution in [0.2, 0.25) is 0 Å². The lowest BCUT2D eigenvalue weighted by Gasteiger charge is -2.23. The molecule has 0 aromatic heterocycles. The average molecular weight is 251 g/mol. The van der Waals surface area contributed by atoms with Crippen molar-refractivity contribution in [2.24, 2.45) is 0 Å². The molecule has 8 heteroatoms. The average Bonchev–Trinajstić information content (AvgIpc) is 2.43. The van der Waals surface area contributed by atoms with E-state index in [9.17, 15) is 18.0 Å². The molecule has 1 aliphatic heterocycles. The van der Waals surface area contributed by atoms with Crippen molar-refractivity contribution in [3.8, 4) is 0 Å². The first-order chi connectivity index (χ1) is 7.30. The molecule has 0 radical (unpaired) electrons. The highest BCUT2D eigenvalue weighted by molar-refractivity contribution is 7.91. The fourth-order valence-corrected chi connectivity index (χ4v) is 3.49. The quantitative estimate of drug-likeness (QED) is 0.620. The van der Waals surface area contributed by atoms with Crippen LogP contribution in [-0.2, 0) is 19.4 Å². The van der Waals surface area contributed by atoms with Gasteiger partial charge < -0.3 is 10.2 Å². The van der Waals surface area contributed by atoms with E-state index in [0.29, 0.717) is 6.42 Å². The highest BCUT2D eigenvalue weighted by atomic mass is 32.2. The second-order valence-electron chi connectivity index (χ2n) is 3.75. The van der Waals surface area contributed by atoms with E-state index in [-0.39, 0.29) is 11.5 Å². The van der Waals surface area contributed by atoms with Crippen molar-refractivity contribution in [1.29, 1.82) is 0 Å². The van der Waals surface area contributed by atoms with Crippen molar-refractivity contribution in [3.05, 3.63) is 0 Å². The van der Waals surface area contributed by atoms with E-state index in [1.807, 2.05) is 0 Å². The summed E-state index contributed by atoms with van der Waals surface area (Å²) < 4.78 is 22.4. The Hall–Kier alpha value is -1.15. The SMILES string of the molecule is O=C(O)CN(CC(=O)O)[C@@H]1CCS(=O)(=O)C1. The maximum absolute atomic E-state index is 11.2. The summed E-state index contributed by atoms with van der Waals surface area (Å²) in [7, 11) is -3.14. The van der Waals surface area contributed by atoms with E-state index in [2.05, 4.69) is 0 Å². The van der Waals surface area contributed by atoms with Crippen LogP contribution in [0, 0.1) is 0 Å². The zero-order valence-electron chi connectivity index (χ0n) is 8.50. The zero-order valence-corrected chi connectivity index (χ0v) is 9.31. The molecule has 0 bridgehead atoms. The summed E-state index contributed by atoms with van der Waals surface area (Å²) in [6, 6.07) is -0.503. The van der Waals surface area contributed by atoms with Gasteiger partial charge in [-0.3, -0.25) is 14.5 Å². The number of rotatable bonds is 5. The van der Waals surface area contributed by atoms with E-state index >= 15 is 0 Å². The molecule has 0 aromatic carbocycles. The molecule has 0 aliphatic carbocycles. The number of hydrogen-bond acceptors (Lipinski definition) is 5. The number of nitrogens with zero attached hydrogens (tertiary/aromatic N) is 1. The van der Waals surface area contributed by atoms with Crippen molar-refractivity contribution < 1.29 is 28.2 Å². The largest absolute Gasteiger partial charge is 0.480 e. The summed E-state index contributed by atoms with van der Waals surface area (Å²) in [5.74, 6) is -2.49. The molecule has 0 saturated carbocycles. The number of aliphatic carboxylic acids is 2. The predicted octanol–water partition coefficient (Wildman–Crippen LogP) is -1.36. The summed E-state index contributed by atoms with van der Waals surface area (Å²) >= 11 is 0. The van der Waals surface area contributed by atoms with Crippen LogP contribution in [0.5, 0.6) is 0 Å². The van der Waals surface area contributed by atoms with Crippen LogP contribution in [0.1, 0.15) is 6.42 Å². The minimum atomic E-state index is -3.14. The first kappa shape index (κ1) is 12.9. The van der Waals surface area contributed by atoms with Crippen LogP contribution in [0.15, 0.2) is 0 Å². The van der Waals surface area contributed by atoms with Crippen LogP contribution in [0.3, 0.4) is 0 Å². The van der Waals surface area contributed by atoms with Gasteiger partial charge in [-0.05, 0) is 6.42 Å². The molecule has 1 fully saturated rings. The van der Waals surface area contributed by atoms with Crippen LogP contribution in [0.4, 0.5) is 0 Å². The molecule has 1 aliphatic rings. The van der Waals surface area contributed by atoms with E-state index in [1.54, 1.807) is 0 Å². The molecule has 92 valence electrons. The summed E-state index contributed by atoms with van der Waals surface area (Å²) in [6.45, 7) is -0.904. The third kappa shape index (κ3) is 3.78. The molecule has 1 rings (SSSR count). The summed E-state index contributed by atoms with van der Waals surface area (Å²) in [6.07, 6.45) is 0.295. The molecular weight excluding hydrogens is 238 g/mol. The van der Waals surface area contributed by atoms with Gasteiger partial charge in [-0.15, -0.1) is 0 Å². The van der Waals surface area contributed by atoms with Crippen LogP contribution >= 0.6 is 0 Å². The Balaban J connectivity index is 2.69. The minimum absolute atomic E-state index is 0.00654. The van der Waals surface area contributed by atoms with Crippen molar-refractivity contribution in [1.82, 2.24) is 4.90 Å². The van der Waals surface area contributed by atoms with E-state index < -0.39 is 40.9 Å². The fraction of sp³-hybridized carbons (Fsp3) is 0.750. The smallest absolute Gasteiger partial charge is 0.317 e. The lowest BCUT2D eigenvalue weighted by atomic mass is 10.2. The molecule has 0 unspecified atom stereocenters. The maximum Gasteiger partial charge on any atom is 0.317 e. The van der Waals surface area contributed by atoms with Crippen molar-refractivity contribution in [2.75, 3.05) is 24.6 Å². The molecule has 2 N–H and O–H groups in total. The molecule has 1 heterocycles. The first-order valence-electron chi connectivity index (χ1n) is 4.68. The summed E-state index contributed by atoms with van der Waals surface area (Å²) in [5.41, 5.74) is 0. The Bertz CT molecular complexity index is 373. The molecule has 0 aromatic rings. The van der Waals surface area contributed by atoms with Gasteiger partial charge in [-0.1, -0.05) is 0 Å². The standard InChI is InChI=1S/C8H13NO6S/c10-7(11)3-9(4-8(12)13)6-1-2-16(14,15)5-6/h6H,1-5H2,(H,10,11)(H,12,13)/t6-/m1/s1. The van der Waals surface area contributed by atoms with Gasteiger partial charge in [0.25, 0.3) is 0 Å². The minimum Gasteiger partial charge on any atom is -0.480 e. The highest BCUT2D eigenvalue weighted by Gasteiger charge is 2.33. The van der Waals surface area contributed by atoms with Crippen molar-refractivity contribution in [2.45, 2.75) is 12.5 Å². The lowest BCUT2D eigenvalue weighted by Crippen LogP contribution is -2.42. The second kappa shape index (κ2) is 4.79. The number of carbonyl (C=O) groups is 2.